The number of ether oxygens (including phenoxy) is 1. The number of Topliss-reactive ketones (excluding diaryl/α,β-unsaturated/α-hetero) is 1. The van der Waals surface area contributed by atoms with Crippen molar-refractivity contribution in [3.63, 3.8) is 0 Å². The SMILES string of the molecule is C=CCn1c(SCC(=O)Nc2sc(C(C)=O)c(C)c2C(=O)OCC)nnc1-c1ccoc1C. The highest BCUT2D eigenvalue weighted by Crippen LogP contribution is 2.34. The number of nitrogens with zero attached hydrogens (tertiary/aromatic N) is 3. The average Bonchev–Trinajstić information content (AvgIpc) is 3.44. The Morgan fingerprint density at radius 3 is 2.70 bits per heavy atom. The Balaban J connectivity index is 1.79. The zero-order valence-corrected chi connectivity index (χ0v) is 20.4. The van der Waals surface area contributed by atoms with E-state index in [-0.39, 0.29) is 29.6 Å². The molecule has 11 heteroatoms. The summed E-state index contributed by atoms with van der Waals surface area (Å²) in [5.41, 5.74) is 1.52. The summed E-state index contributed by atoms with van der Waals surface area (Å²) in [4.78, 5) is 37.5. The van der Waals surface area contributed by atoms with Crippen molar-refractivity contribution in [3.05, 3.63) is 46.7 Å². The molecule has 3 aromatic rings. The van der Waals surface area contributed by atoms with Crippen molar-refractivity contribution < 1.29 is 23.5 Å². The number of hydrogen-bond acceptors (Lipinski definition) is 9. The zero-order valence-electron chi connectivity index (χ0n) is 18.8. The first-order valence-corrected chi connectivity index (χ1v) is 11.9. The summed E-state index contributed by atoms with van der Waals surface area (Å²) in [6.07, 6.45) is 3.30. The van der Waals surface area contributed by atoms with Gasteiger partial charge in [0.15, 0.2) is 16.8 Å². The molecule has 0 spiro atoms. The van der Waals surface area contributed by atoms with Crippen LogP contribution < -0.4 is 5.32 Å². The predicted octanol–water partition coefficient (Wildman–Crippen LogP) is 4.51. The first-order chi connectivity index (χ1) is 15.8. The number of allylic oxidation sites excluding steroid dienone is 1. The quantitative estimate of drug-likeness (QED) is 0.192. The number of carbonyl (C=O) groups is 3. The molecule has 0 saturated heterocycles. The van der Waals surface area contributed by atoms with Gasteiger partial charge in [-0.25, -0.2) is 4.79 Å². The number of thiophene rings is 1. The summed E-state index contributed by atoms with van der Waals surface area (Å²) >= 11 is 2.27. The molecule has 0 fully saturated rings. The Bertz CT molecular complexity index is 1210. The first kappa shape index (κ1) is 24.5. The molecule has 0 saturated carbocycles. The Hall–Kier alpha value is -3.18. The summed E-state index contributed by atoms with van der Waals surface area (Å²) in [6.45, 7) is 11.0. The van der Waals surface area contributed by atoms with Crippen molar-refractivity contribution in [3.8, 4) is 11.4 Å². The predicted molar refractivity (Wildman–Crippen MR) is 127 cm³/mol. The lowest BCUT2D eigenvalue weighted by atomic mass is 10.1. The van der Waals surface area contributed by atoms with Crippen LogP contribution in [0.5, 0.6) is 0 Å². The summed E-state index contributed by atoms with van der Waals surface area (Å²) in [7, 11) is 0. The van der Waals surface area contributed by atoms with Gasteiger partial charge in [0.05, 0.1) is 34.6 Å². The van der Waals surface area contributed by atoms with Gasteiger partial charge in [0.25, 0.3) is 0 Å². The minimum atomic E-state index is -0.576. The molecule has 3 aromatic heterocycles. The molecule has 0 bridgehead atoms. The highest BCUT2D eigenvalue weighted by atomic mass is 32.2. The van der Waals surface area contributed by atoms with Crippen LogP contribution in [0.3, 0.4) is 0 Å². The van der Waals surface area contributed by atoms with Crippen molar-refractivity contribution >= 4 is 45.8 Å². The van der Waals surface area contributed by atoms with Gasteiger partial charge < -0.3 is 14.5 Å². The maximum Gasteiger partial charge on any atom is 0.341 e. The molecule has 0 radical (unpaired) electrons. The summed E-state index contributed by atoms with van der Waals surface area (Å²) in [5, 5.41) is 12.0. The third kappa shape index (κ3) is 5.25. The van der Waals surface area contributed by atoms with Crippen LogP contribution >= 0.6 is 23.1 Å². The van der Waals surface area contributed by atoms with E-state index in [1.807, 2.05) is 17.6 Å². The molecule has 0 aliphatic carbocycles. The fourth-order valence-electron chi connectivity index (χ4n) is 3.18. The third-order valence-corrected chi connectivity index (χ3v) is 6.93. The third-order valence-electron chi connectivity index (χ3n) is 4.66. The standard InChI is InChI=1S/C22H24N4O5S2/c1-6-9-26-19(15-8-10-31-14(15)5)24-25-22(26)32-11-16(28)23-20-17(21(29)30-7-2)12(3)18(33-20)13(4)27/h6,8,10H,1,7,9,11H2,2-5H3,(H,23,28). The summed E-state index contributed by atoms with van der Waals surface area (Å²) in [5.74, 6) is 0.242. The molecule has 1 N–H and O–H groups in total. The molecule has 0 atom stereocenters. The van der Waals surface area contributed by atoms with Crippen LogP contribution in [0.2, 0.25) is 0 Å². The normalized spacial score (nSPS) is 10.8. The number of amides is 1. The van der Waals surface area contributed by atoms with Crippen molar-refractivity contribution in [2.45, 2.75) is 39.4 Å². The topological polar surface area (TPSA) is 116 Å². The molecule has 0 aliphatic heterocycles. The van der Waals surface area contributed by atoms with Gasteiger partial charge in [0.2, 0.25) is 5.91 Å². The van der Waals surface area contributed by atoms with E-state index in [0.29, 0.717) is 38.7 Å². The van der Waals surface area contributed by atoms with E-state index in [0.717, 1.165) is 16.9 Å². The maximum atomic E-state index is 12.7. The molecule has 3 rings (SSSR count). The average molecular weight is 489 g/mol. The first-order valence-electron chi connectivity index (χ1n) is 10.1. The Morgan fingerprint density at radius 1 is 1.33 bits per heavy atom. The molecular weight excluding hydrogens is 464 g/mol. The number of ketones is 1. The van der Waals surface area contributed by atoms with E-state index < -0.39 is 5.97 Å². The fraction of sp³-hybridized carbons (Fsp3) is 0.318. The number of carbonyl (C=O) groups excluding carboxylic acids is 3. The minimum absolute atomic E-state index is 0.0221. The van der Waals surface area contributed by atoms with Crippen molar-refractivity contribution in [2.24, 2.45) is 0 Å². The largest absolute Gasteiger partial charge is 0.469 e. The van der Waals surface area contributed by atoms with Gasteiger partial charge >= 0.3 is 5.97 Å². The number of furan rings is 1. The van der Waals surface area contributed by atoms with Crippen LogP contribution in [0.25, 0.3) is 11.4 Å². The fourth-order valence-corrected chi connectivity index (χ4v) is 5.04. The van der Waals surface area contributed by atoms with E-state index >= 15 is 0 Å². The van der Waals surface area contributed by atoms with Crippen molar-refractivity contribution in [1.82, 2.24) is 14.8 Å². The van der Waals surface area contributed by atoms with Crippen LogP contribution in [-0.2, 0) is 16.1 Å². The van der Waals surface area contributed by atoms with Gasteiger partial charge in [-0.3, -0.25) is 14.2 Å². The monoisotopic (exact) mass is 488 g/mol. The molecule has 0 aromatic carbocycles. The van der Waals surface area contributed by atoms with E-state index in [1.165, 1.54) is 18.7 Å². The Kier molecular flexibility index (Phi) is 7.88. The number of aromatic nitrogens is 3. The lowest BCUT2D eigenvalue weighted by Crippen LogP contribution is -2.17. The van der Waals surface area contributed by atoms with Gasteiger partial charge in [-0.2, -0.15) is 0 Å². The molecule has 33 heavy (non-hydrogen) atoms. The molecule has 0 aliphatic rings. The number of thioether (sulfide) groups is 1. The molecule has 3 heterocycles. The highest BCUT2D eigenvalue weighted by Gasteiger charge is 2.25. The number of nitrogens with one attached hydrogen (secondary N) is 1. The molecular formula is C22H24N4O5S2. The zero-order chi connectivity index (χ0) is 24.1. The summed E-state index contributed by atoms with van der Waals surface area (Å²) < 4.78 is 12.3. The lowest BCUT2D eigenvalue weighted by molar-refractivity contribution is -0.113. The smallest absolute Gasteiger partial charge is 0.341 e. The minimum Gasteiger partial charge on any atom is -0.469 e. The van der Waals surface area contributed by atoms with Crippen LogP contribution in [0.1, 0.15) is 45.2 Å². The Morgan fingerprint density at radius 2 is 2.09 bits per heavy atom. The lowest BCUT2D eigenvalue weighted by Gasteiger charge is -2.08. The molecule has 9 nitrogen and oxygen atoms in total. The van der Waals surface area contributed by atoms with Gasteiger partial charge in [0.1, 0.15) is 10.8 Å². The van der Waals surface area contributed by atoms with Gasteiger partial charge in [-0.05, 0) is 39.3 Å². The van der Waals surface area contributed by atoms with Crippen LogP contribution in [0, 0.1) is 13.8 Å². The van der Waals surface area contributed by atoms with E-state index in [4.69, 9.17) is 9.15 Å². The molecule has 0 unspecified atom stereocenters. The number of esters is 1. The Labute approximate surface area is 199 Å². The van der Waals surface area contributed by atoms with Crippen molar-refractivity contribution in [2.75, 3.05) is 17.7 Å². The number of anilines is 1. The summed E-state index contributed by atoms with van der Waals surface area (Å²) in [6, 6.07) is 1.81. The number of rotatable bonds is 10. The van der Waals surface area contributed by atoms with E-state index in [9.17, 15) is 14.4 Å². The number of hydrogen-bond donors (Lipinski definition) is 1. The van der Waals surface area contributed by atoms with Gasteiger partial charge in [0, 0.05) is 6.54 Å². The van der Waals surface area contributed by atoms with Crippen molar-refractivity contribution in [1.29, 1.82) is 0 Å². The van der Waals surface area contributed by atoms with Crippen LogP contribution in [-0.4, -0.2) is 44.8 Å². The van der Waals surface area contributed by atoms with Crippen LogP contribution in [0.15, 0.2) is 34.6 Å². The molecule has 174 valence electrons. The second kappa shape index (κ2) is 10.6. The number of aryl methyl sites for hydroxylation is 1. The van der Waals surface area contributed by atoms with Gasteiger partial charge in [-0.15, -0.1) is 28.1 Å². The van der Waals surface area contributed by atoms with E-state index in [2.05, 4.69) is 22.1 Å². The second-order valence-corrected chi connectivity index (χ2v) is 8.93. The van der Waals surface area contributed by atoms with Gasteiger partial charge in [-0.1, -0.05) is 17.8 Å². The van der Waals surface area contributed by atoms with E-state index in [1.54, 1.807) is 26.2 Å². The van der Waals surface area contributed by atoms with Crippen LogP contribution in [0.4, 0.5) is 5.00 Å². The highest BCUT2D eigenvalue weighted by molar-refractivity contribution is 7.99. The second-order valence-electron chi connectivity index (χ2n) is 6.97. The molecule has 1 amide bonds. The maximum absolute atomic E-state index is 12.7.